The zero-order valence-corrected chi connectivity index (χ0v) is 13.2. The van der Waals surface area contributed by atoms with Gasteiger partial charge >= 0.3 is 6.09 Å². The van der Waals surface area contributed by atoms with E-state index in [9.17, 15) is 19.7 Å². The van der Waals surface area contributed by atoms with Crippen LogP contribution < -0.4 is 5.32 Å². The van der Waals surface area contributed by atoms with Crippen LogP contribution in [-0.2, 0) is 22.7 Å². The lowest BCUT2D eigenvalue weighted by Crippen LogP contribution is -2.35. The van der Waals surface area contributed by atoms with Crippen LogP contribution in [0, 0.1) is 10.1 Å². The number of rotatable bonds is 3. The van der Waals surface area contributed by atoms with Crippen LogP contribution in [0.5, 0.6) is 0 Å². The number of nitro benzene ring substituents is 1. The van der Waals surface area contributed by atoms with Gasteiger partial charge in [0.15, 0.2) is 0 Å². The molecule has 0 radical (unpaired) electrons. The first kappa shape index (κ1) is 16.4. The maximum Gasteiger partial charge on any atom is 0.410 e. The molecule has 8 heteroatoms. The minimum Gasteiger partial charge on any atom is -0.445 e. The van der Waals surface area contributed by atoms with Crippen molar-refractivity contribution in [3.05, 3.63) is 69.8 Å². The summed E-state index contributed by atoms with van der Waals surface area (Å²) in [5.41, 5.74) is 1.65. The number of carbonyl (C=O) groups is 2. The molecule has 0 atom stereocenters. The molecule has 8 nitrogen and oxygen atoms in total. The molecule has 2 amide bonds. The standard InChI is InChI=1S/C17H15N3O5/c21-16-10-19(17(22)25-11-12-4-2-1-3-5-12)9-13-6-7-14(20(23)24)8-15(13)18-16/h1-8H,9-11H2,(H,18,21). The number of nitro groups is 1. The number of carbonyl (C=O) groups excluding carboxylic acids is 2. The van der Waals surface area contributed by atoms with Crippen molar-refractivity contribution >= 4 is 23.4 Å². The highest BCUT2D eigenvalue weighted by Gasteiger charge is 2.25. The lowest BCUT2D eigenvalue weighted by molar-refractivity contribution is -0.384. The van der Waals surface area contributed by atoms with E-state index in [1.54, 1.807) is 0 Å². The fourth-order valence-corrected chi connectivity index (χ4v) is 2.50. The third kappa shape index (κ3) is 3.92. The first-order valence-corrected chi connectivity index (χ1v) is 7.56. The van der Waals surface area contributed by atoms with Gasteiger partial charge in [0.05, 0.1) is 17.2 Å². The summed E-state index contributed by atoms with van der Waals surface area (Å²) in [7, 11) is 0. The lowest BCUT2D eigenvalue weighted by Gasteiger charge is -2.19. The SMILES string of the molecule is O=C1CN(C(=O)OCc2ccccc2)Cc2ccc([N+](=O)[O-])cc2N1. The summed E-state index contributed by atoms with van der Waals surface area (Å²) in [4.78, 5) is 35.8. The number of hydrogen-bond acceptors (Lipinski definition) is 5. The van der Waals surface area contributed by atoms with Gasteiger partial charge in [-0.05, 0) is 17.2 Å². The van der Waals surface area contributed by atoms with Gasteiger partial charge in [-0.2, -0.15) is 0 Å². The number of nitrogens with zero attached hydrogens (tertiary/aromatic N) is 2. The number of ether oxygens (including phenoxy) is 1. The molecule has 0 fully saturated rings. The van der Waals surface area contributed by atoms with Crippen molar-refractivity contribution in [2.75, 3.05) is 11.9 Å². The average Bonchev–Trinajstić information content (AvgIpc) is 2.77. The van der Waals surface area contributed by atoms with Crippen molar-refractivity contribution in [3.63, 3.8) is 0 Å². The highest BCUT2D eigenvalue weighted by molar-refractivity contribution is 5.95. The normalized spacial score (nSPS) is 13.4. The summed E-state index contributed by atoms with van der Waals surface area (Å²) in [5.74, 6) is -0.434. The zero-order valence-electron chi connectivity index (χ0n) is 13.2. The first-order chi connectivity index (χ1) is 12.0. The van der Waals surface area contributed by atoms with Crippen LogP contribution in [0.2, 0.25) is 0 Å². The van der Waals surface area contributed by atoms with E-state index >= 15 is 0 Å². The number of benzene rings is 2. The molecule has 0 aromatic heterocycles. The molecule has 0 unspecified atom stereocenters. The topological polar surface area (TPSA) is 102 Å². The number of amides is 2. The van der Waals surface area contributed by atoms with E-state index in [0.717, 1.165) is 5.56 Å². The molecule has 1 heterocycles. The number of nitrogens with one attached hydrogen (secondary N) is 1. The number of non-ortho nitro benzene ring substituents is 1. The molecule has 2 aromatic rings. The molecule has 3 rings (SSSR count). The van der Waals surface area contributed by atoms with E-state index in [0.29, 0.717) is 11.3 Å². The van der Waals surface area contributed by atoms with Gasteiger partial charge in [0.2, 0.25) is 5.91 Å². The second kappa shape index (κ2) is 7.00. The first-order valence-electron chi connectivity index (χ1n) is 7.56. The smallest absolute Gasteiger partial charge is 0.410 e. The monoisotopic (exact) mass is 341 g/mol. The van der Waals surface area contributed by atoms with Gasteiger partial charge in [-0.25, -0.2) is 4.79 Å². The van der Waals surface area contributed by atoms with Gasteiger partial charge in [-0.15, -0.1) is 0 Å². The second-order valence-corrected chi connectivity index (χ2v) is 5.54. The molecule has 128 valence electrons. The Morgan fingerprint density at radius 1 is 1.20 bits per heavy atom. The minimum absolute atomic E-state index is 0.102. The third-order valence-corrected chi connectivity index (χ3v) is 3.74. The van der Waals surface area contributed by atoms with E-state index in [1.165, 1.54) is 23.1 Å². The van der Waals surface area contributed by atoms with Crippen molar-refractivity contribution in [1.29, 1.82) is 0 Å². The van der Waals surface area contributed by atoms with E-state index < -0.39 is 16.9 Å². The Balaban J connectivity index is 1.73. The molecule has 1 N–H and O–H groups in total. The number of fused-ring (bicyclic) bond motifs is 1. The molecule has 25 heavy (non-hydrogen) atoms. The van der Waals surface area contributed by atoms with E-state index in [1.807, 2.05) is 30.3 Å². The molecule has 0 saturated heterocycles. The maximum atomic E-state index is 12.3. The summed E-state index contributed by atoms with van der Waals surface area (Å²) < 4.78 is 5.25. The Labute approximate surface area is 143 Å². The molecule has 1 aliphatic heterocycles. The molecule has 0 spiro atoms. The summed E-state index contributed by atoms with van der Waals surface area (Å²) in [6, 6.07) is 13.3. The van der Waals surface area contributed by atoms with Crippen molar-refractivity contribution in [2.24, 2.45) is 0 Å². The lowest BCUT2D eigenvalue weighted by atomic mass is 10.1. The van der Waals surface area contributed by atoms with E-state index in [-0.39, 0.29) is 25.4 Å². The third-order valence-electron chi connectivity index (χ3n) is 3.74. The van der Waals surface area contributed by atoms with Crippen LogP contribution in [0.15, 0.2) is 48.5 Å². The van der Waals surface area contributed by atoms with Gasteiger partial charge < -0.3 is 10.1 Å². The van der Waals surface area contributed by atoms with Gasteiger partial charge in [0, 0.05) is 12.1 Å². The molecule has 0 bridgehead atoms. The Kier molecular flexibility index (Phi) is 4.60. The fourth-order valence-electron chi connectivity index (χ4n) is 2.50. The average molecular weight is 341 g/mol. The molecular formula is C17H15N3O5. The number of hydrogen-bond donors (Lipinski definition) is 1. The maximum absolute atomic E-state index is 12.3. The summed E-state index contributed by atoms with van der Waals surface area (Å²) in [6.07, 6.45) is -0.620. The van der Waals surface area contributed by atoms with Crippen LogP contribution >= 0.6 is 0 Å². The van der Waals surface area contributed by atoms with Gasteiger partial charge in [-0.3, -0.25) is 19.8 Å². The van der Waals surface area contributed by atoms with E-state index in [2.05, 4.69) is 5.32 Å². The Bertz CT molecular complexity index is 822. The van der Waals surface area contributed by atoms with Gasteiger partial charge in [0.1, 0.15) is 13.2 Å². The van der Waals surface area contributed by atoms with Crippen LogP contribution in [0.25, 0.3) is 0 Å². The van der Waals surface area contributed by atoms with Gasteiger partial charge in [-0.1, -0.05) is 30.3 Å². The highest BCUT2D eigenvalue weighted by atomic mass is 16.6. The second-order valence-electron chi connectivity index (χ2n) is 5.54. The Morgan fingerprint density at radius 2 is 1.96 bits per heavy atom. The summed E-state index contributed by atoms with van der Waals surface area (Å²) in [5, 5.41) is 13.4. The van der Waals surface area contributed by atoms with Crippen molar-refractivity contribution < 1.29 is 19.2 Å². The van der Waals surface area contributed by atoms with Crippen LogP contribution in [0.3, 0.4) is 0 Å². The minimum atomic E-state index is -0.620. The zero-order chi connectivity index (χ0) is 17.8. The van der Waals surface area contributed by atoms with Crippen molar-refractivity contribution in [2.45, 2.75) is 13.2 Å². The highest BCUT2D eigenvalue weighted by Crippen LogP contribution is 2.26. The van der Waals surface area contributed by atoms with Crippen LogP contribution in [0.4, 0.5) is 16.2 Å². The Hall–Kier alpha value is -3.42. The molecule has 2 aromatic carbocycles. The predicted octanol–water partition coefficient (Wildman–Crippen LogP) is 2.69. The predicted molar refractivity (Wildman–Crippen MR) is 88.8 cm³/mol. The Morgan fingerprint density at radius 3 is 2.68 bits per heavy atom. The number of anilines is 1. The van der Waals surface area contributed by atoms with Crippen molar-refractivity contribution in [3.8, 4) is 0 Å². The van der Waals surface area contributed by atoms with Crippen LogP contribution in [-0.4, -0.2) is 28.4 Å². The molecular weight excluding hydrogens is 326 g/mol. The quantitative estimate of drug-likeness (QED) is 0.683. The van der Waals surface area contributed by atoms with Crippen LogP contribution in [0.1, 0.15) is 11.1 Å². The van der Waals surface area contributed by atoms with E-state index in [4.69, 9.17) is 4.74 Å². The van der Waals surface area contributed by atoms with Gasteiger partial charge in [0.25, 0.3) is 5.69 Å². The van der Waals surface area contributed by atoms with Crippen molar-refractivity contribution in [1.82, 2.24) is 4.90 Å². The summed E-state index contributed by atoms with van der Waals surface area (Å²) in [6.45, 7) is 0.0424. The fraction of sp³-hybridized carbons (Fsp3) is 0.176. The largest absolute Gasteiger partial charge is 0.445 e. The molecule has 0 saturated carbocycles. The summed E-state index contributed by atoms with van der Waals surface area (Å²) >= 11 is 0. The molecule has 0 aliphatic carbocycles. The molecule has 1 aliphatic rings.